The van der Waals surface area contributed by atoms with E-state index < -0.39 is 12.0 Å². The molecule has 4 heteroatoms. The summed E-state index contributed by atoms with van der Waals surface area (Å²) in [7, 11) is 0. The Balaban J connectivity index is 0.00000144. The SMILES string of the molecule is N[C@@H](Cc1ccccc1)C(=O)O.[Ti]. The van der Waals surface area contributed by atoms with Crippen LogP contribution in [0.15, 0.2) is 30.3 Å². The summed E-state index contributed by atoms with van der Waals surface area (Å²) in [5.74, 6) is -0.959. The van der Waals surface area contributed by atoms with Gasteiger partial charge in [0.05, 0.1) is 0 Å². The molecule has 0 aliphatic rings. The quantitative estimate of drug-likeness (QED) is 0.724. The van der Waals surface area contributed by atoms with Crippen LogP contribution in [0.25, 0.3) is 0 Å². The van der Waals surface area contributed by atoms with Gasteiger partial charge in [-0.05, 0) is 12.0 Å². The number of benzene rings is 1. The fourth-order valence-corrected chi connectivity index (χ4v) is 0.955. The summed E-state index contributed by atoms with van der Waals surface area (Å²) in [6.07, 6.45) is 0.385. The number of rotatable bonds is 3. The van der Waals surface area contributed by atoms with E-state index in [0.29, 0.717) is 6.42 Å². The van der Waals surface area contributed by atoms with Gasteiger partial charge in [-0.25, -0.2) is 0 Å². The molecule has 0 fully saturated rings. The standard InChI is InChI=1S/C9H11NO2.Ti/c10-8(9(11)12)6-7-4-2-1-3-5-7;/h1-5,8H,6,10H2,(H,11,12);/t8-;/m0./s1. The van der Waals surface area contributed by atoms with Crippen LogP contribution in [0.3, 0.4) is 0 Å². The van der Waals surface area contributed by atoms with Crippen molar-refractivity contribution in [2.75, 3.05) is 0 Å². The van der Waals surface area contributed by atoms with Crippen LogP contribution in [-0.2, 0) is 32.9 Å². The van der Waals surface area contributed by atoms with Crippen LogP contribution in [0.5, 0.6) is 0 Å². The number of aliphatic carboxylic acids is 1. The second kappa shape index (κ2) is 5.92. The molecule has 0 aliphatic carbocycles. The van der Waals surface area contributed by atoms with E-state index in [1.54, 1.807) is 0 Å². The van der Waals surface area contributed by atoms with Crippen molar-refractivity contribution in [1.82, 2.24) is 0 Å². The first-order valence-electron chi connectivity index (χ1n) is 3.72. The number of nitrogens with two attached hydrogens (primary N) is 1. The molecule has 3 nitrogen and oxygen atoms in total. The Labute approximate surface area is 91.8 Å². The smallest absolute Gasteiger partial charge is 0.320 e. The first kappa shape index (κ1) is 12.4. The van der Waals surface area contributed by atoms with Gasteiger partial charge >= 0.3 is 5.97 Å². The molecule has 3 N–H and O–H groups in total. The minimum atomic E-state index is -0.959. The van der Waals surface area contributed by atoms with Gasteiger partial charge in [0, 0.05) is 21.7 Å². The van der Waals surface area contributed by atoms with Crippen LogP contribution >= 0.6 is 0 Å². The van der Waals surface area contributed by atoms with Crippen molar-refractivity contribution in [1.29, 1.82) is 0 Å². The van der Waals surface area contributed by atoms with E-state index in [-0.39, 0.29) is 21.7 Å². The minimum absolute atomic E-state index is 0. The second-order valence-corrected chi connectivity index (χ2v) is 2.63. The summed E-state index contributed by atoms with van der Waals surface area (Å²) in [4.78, 5) is 10.4. The molecule has 0 heterocycles. The summed E-state index contributed by atoms with van der Waals surface area (Å²) in [6, 6.07) is 8.54. The minimum Gasteiger partial charge on any atom is -0.480 e. The van der Waals surface area contributed by atoms with Crippen molar-refractivity contribution in [3.05, 3.63) is 35.9 Å². The van der Waals surface area contributed by atoms with Gasteiger partial charge in [-0.3, -0.25) is 4.79 Å². The molecule has 0 unspecified atom stereocenters. The molecule has 1 aromatic carbocycles. The molecule has 1 atom stereocenters. The molecule has 0 saturated carbocycles. The van der Waals surface area contributed by atoms with E-state index in [0.717, 1.165) is 5.56 Å². The zero-order valence-electron chi connectivity index (χ0n) is 7.10. The van der Waals surface area contributed by atoms with Gasteiger partial charge in [0.15, 0.2) is 0 Å². The number of carbonyl (C=O) groups is 1. The molecule has 0 aliphatic heterocycles. The Hall–Kier alpha value is -0.636. The Morgan fingerprint density at radius 1 is 1.38 bits per heavy atom. The molecule has 0 spiro atoms. The van der Waals surface area contributed by atoms with Gasteiger partial charge in [0.2, 0.25) is 0 Å². The van der Waals surface area contributed by atoms with Crippen LogP contribution in [0, 0.1) is 0 Å². The molecular weight excluding hydrogens is 202 g/mol. The zero-order valence-corrected chi connectivity index (χ0v) is 8.67. The average molecular weight is 213 g/mol. The normalized spacial score (nSPS) is 11.5. The van der Waals surface area contributed by atoms with Crippen molar-refractivity contribution < 1.29 is 31.6 Å². The first-order valence-corrected chi connectivity index (χ1v) is 3.72. The zero-order chi connectivity index (χ0) is 8.97. The maximum atomic E-state index is 10.4. The fourth-order valence-electron chi connectivity index (χ4n) is 0.955. The third-order valence-electron chi connectivity index (χ3n) is 1.62. The monoisotopic (exact) mass is 213 g/mol. The predicted molar refractivity (Wildman–Crippen MR) is 45.8 cm³/mol. The van der Waals surface area contributed by atoms with E-state index in [2.05, 4.69) is 0 Å². The van der Waals surface area contributed by atoms with E-state index in [4.69, 9.17) is 10.8 Å². The Morgan fingerprint density at radius 2 is 1.92 bits per heavy atom. The van der Waals surface area contributed by atoms with Crippen LogP contribution in [0.2, 0.25) is 0 Å². The van der Waals surface area contributed by atoms with Crippen molar-refractivity contribution >= 4 is 5.97 Å². The van der Waals surface area contributed by atoms with E-state index in [1.807, 2.05) is 30.3 Å². The number of carboxylic acid groups (broad SMARTS) is 1. The summed E-state index contributed by atoms with van der Waals surface area (Å²) in [5, 5.41) is 8.52. The second-order valence-electron chi connectivity index (χ2n) is 2.63. The van der Waals surface area contributed by atoms with Crippen molar-refractivity contribution in [2.24, 2.45) is 5.73 Å². The van der Waals surface area contributed by atoms with Crippen molar-refractivity contribution in [3.63, 3.8) is 0 Å². The van der Waals surface area contributed by atoms with Crippen molar-refractivity contribution in [3.8, 4) is 0 Å². The Bertz CT molecular complexity index is 264. The van der Waals surface area contributed by atoms with E-state index in [1.165, 1.54) is 0 Å². The molecule has 68 valence electrons. The predicted octanol–water partition coefficient (Wildman–Crippen LogP) is 0.639. The average Bonchev–Trinajstić information content (AvgIpc) is 2.06. The van der Waals surface area contributed by atoms with Gasteiger partial charge in [-0.2, -0.15) is 0 Å². The summed E-state index contributed by atoms with van der Waals surface area (Å²) in [5.41, 5.74) is 6.30. The van der Waals surface area contributed by atoms with Crippen LogP contribution in [0.1, 0.15) is 5.56 Å². The summed E-state index contributed by atoms with van der Waals surface area (Å²) in [6.45, 7) is 0. The van der Waals surface area contributed by atoms with E-state index >= 15 is 0 Å². The Morgan fingerprint density at radius 3 is 2.38 bits per heavy atom. The maximum Gasteiger partial charge on any atom is 0.320 e. The molecule has 13 heavy (non-hydrogen) atoms. The summed E-state index contributed by atoms with van der Waals surface area (Å²) >= 11 is 0. The van der Waals surface area contributed by atoms with Gasteiger partial charge < -0.3 is 10.8 Å². The largest absolute Gasteiger partial charge is 0.480 e. The van der Waals surface area contributed by atoms with Gasteiger partial charge in [0.1, 0.15) is 6.04 Å². The molecule has 0 aromatic heterocycles. The maximum absolute atomic E-state index is 10.4. The molecule has 0 bridgehead atoms. The number of carboxylic acids is 1. The fraction of sp³-hybridized carbons (Fsp3) is 0.222. The van der Waals surface area contributed by atoms with Crippen LogP contribution < -0.4 is 5.73 Å². The third kappa shape index (κ3) is 4.22. The first-order chi connectivity index (χ1) is 5.70. The molecule has 0 saturated heterocycles. The molecule has 1 rings (SSSR count). The molecular formula is C9H11NO2Ti. The van der Waals surface area contributed by atoms with Gasteiger partial charge in [-0.1, -0.05) is 30.3 Å². The van der Waals surface area contributed by atoms with Gasteiger partial charge in [-0.15, -0.1) is 0 Å². The topological polar surface area (TPSA) is 63.3 Å². The Kier molecular flexibility index (Phi) is 5.63. The molecule has 0 amide bonds. The molecule has 0 radical (unpaired) electrons. The van der Waals surface area contributed by atoms with E-state index in [9.17, 15) is 4.79 Å². The third-order valence-corrected chi connectivity index (χ3v) is 1.62. The number of hydrogen-bond donors (Lipinski definition) is 2. The summed E-state index contributed by atoms with van der Waals surface area (Å²) < 4.78 is 0. The van der Waals surface area contributed by atoms with Gasteiger partial charge in [0.25, 0.3) is 0 Å². The van der Waals surface area contributed by atoms with Crippen LogP contribution in [0.4, 0.5) is 0 Å². The molecule has 1 aromatic rings. The number of hydrogen-bond acceptors (Lipinski definition) is 2. The van der Waals surface area contributed by atoms with Crippen LogP contribution in [-0.4, -0.2) is 17.1 Å². The van der Waals surface area contributed by atoms with Crippen molar-refractivity contribution in [2.45, 2.75) is 12.5 Å².